The Morgan fingerprint density at radius 3 is 2.92 bits per heavy atom. The number of hydrogen-bond acceptors (Lipinski definition) is 6. The second kappa shape index (κ2) is 7.35. The summed E-state index contributed by atoms with van der Waals surface area (Å²) in [7, 11) is 4.14. The van der Waals surface area contributed by atoms with E-state index < -0.39 is 0 Å². The largest absolute Gasteiger partial charge is 0.355 e. The first-order chi connectivity index (χ1) is 12.0. The van der Waals surface area contributed by atoms with Gasteiger partial charge in [-0.15, -0.1) is 10.2 Å². The highest BCUT2D eigenvalue weighted by Crippen LogP contribution is 2.20. The molecule has 1 N–H and O–H groups in total. The van der Waals surface area contributed by atoms with Crippen molar-refractivity contribution in [3.05, 3.63) is 18.7 Å². The lowest BCUT2D eigenvalue weighted by atomic mass is 10.0. The molecule has 3 rings (SSSR count). The Morgan fingerprint density at radius 2 is 2.24 bits per heavy atom. The van der Waals surface area contributed by atoms with E-state index in [1.54, 1.807) is 23.1 Å². The third-order valence-corrected chi connectivity index (χ3v) is 4.74. The molecule has 136 valence electrons. The molecule has 8 nitrogen and oxygen atoms in total. The van der Waals surface area contributed by atoms with Crippen LogP contribution >= 0.6 is 0 Å². The van der Waals surface area contributed by atoms with Crippen LogP contribution in [0.15, 0.2) is 18.7 Å². The number of likely N-dealkylation sites (tertiary alicyclic amines) is 1. The predicted molar refractivity (Wildman–Crippen MR) is 96.3 cm³/mol. The molecular formula is C17H27N7O. The Hall–Kier alpha value is -2.22. The summed E-state index contributed by atoms with van der Waals surface area (Å²) in [5.74, 6) is 1.13. The molecule has 0 spiro atoms. The molecule has 1 amide bonds. The van der Waals surface area contributed by atoms with Gasteiger partial charge in [-0.05, 0) is 32.9 Å². The van der Waals surface area contributed by atoms with Gasteiger partial charge in [-0.1, -0.05) is 13.8 Å². The van der Waals surface area contributed by atoms with Crippen LogP contribution in [0.2, 0.25) is 0 Å². The molecule has 0 unspecified atom stereocenters. The molecule has 1 aliphatic heterocycles. The van der Waals surface area contributed by atoms with Gasteiger partial charge < -0.3 is 15.1 Å². The number of likely N-dealkylation sites (N-methyl/N-ethyl adjacent to an activating group) is 1. The van der Waals surface area contributed by atoms with Gasteiger partial charge in [0.05, 0.1) is 0 Å². The summed E-state index contributed by atoms with van der Waals surface area (Å²) in [5.41, 5.74) is 0.636. The van der Waals surface area contributed by atoms with Crippen molar-refractivity contribution in [1.29, 1.82) is 0 Å². The van der Waals surface area contributed by atoms with E-state index in [0.717, 1.165) is 25.9 Å². The second-order valence-corrected chi connectivity index (χ2v) is 7.35. The summed E-state index contributed by atoms with van der Waals surface area (Å²) in [6, 6.07) is 0.123. The van der Waals surface area contributed by atoms with Gasteiger partial charge in [-0.25, -0.2) is 4.98 Å². The van der Waals surface area contributed by atoms with Gasteiger partial charge in [0, 0.05) is 31.5 Å². The molecule has 1 saturated heterocycles. The van der Waals surface area contributed by atoms with Crippen LogP contribution in [0.25, 0.3) is 5.65 Å². The van der Waals surface area contributed by atoms with Crippen LogP contribution in [0, 0.1) is 5.92 Å². The Kier molecular flexibility index (Phi) is 5.17. The van der Waals surface area contributed by atoms with E-state index >= 15 is 0 Å². The molecule has 8 heteroatoms. The summed E-state index contributed by atoms with van der Waals surface area (Å²) in [4.78, 5) is 21.6. The van der Waals surface area contributed by atoms with E-state index in [9.17, 15) is 4.79 Å². The summed E-state index contributed by atoms with van der Waals surface area (Å²) in [6.07, 6.45) is 6.88. The normalized spacial score (nSPS) is 19.1. The standard InChI is InChI=1S/C17H27N7O/c1-12(2)9-14(17(25)23-7-5-13(10-23)22(3)4)20-15-16-21-19-11-24(16)8-6-18-15/h6,8,11-14H,5,7,9-10H2,1-4H3,(H,18,20)/t13-,14-/m0/s1. The summed E-state index contributed by atoms with van der Waals surface area (Å²) < 4.78 is 1.80. The quantitative estimate of drug-likeness (QED) is 0.845. The minimum absolute atomic E-state index is 0.140. The van der Waals surface area contributed by atoms with Crippen LogP contribution in [0.5, 0.6) is 0 Å². The number of carbonyl (C=O) groups excluding carboxylic acids is 1. The lowest BCUT2D eigenvalue weighted by Crippen LogP contribution is -2.44. The maximum absolute atomic E-state index is 13.1. The number of nitrogens with one attached hydrogen (secondary N) is 1. The van der Waals surface area contributed by atoms with Crippen LogP contribution in [0.3, 0.4) is 0 Å². The van der Waals surface area contributed by atoms with Crippen molar-refractivity contribution in [3.63, 3.8) is 0 Å². The van der Waals surface area contributed by atoms with Crippen LogP contribution in [0.1, 0.15) is 26.7 Å². The highest BCUT2D eigenvalue weighted by atomic mass is 16.2. The number of anilines is 1. The Bertz CT molecular complexity index is 727. The number of fused-ring (bicyclic) bond motifs is 1. The lowest BCUT2D eigenvalue weighted by molar-refractivity contribution is -0.131. The topological polar surface area (TPSA) is 78.7 Å². The van der Waals surface area contributed by atoms with Crippen molar-refractivity contribution in [2.45, 2.75) is 38.8 Å². The zero-order chi connectivity index (χ0) is 18.0. The number of nitrogens with zero attached hydrogens (tertiary/aromatic N) is 6. The molecule has 25 heavy (non-hydrogen) atoms. The van der Waals surface area contributed by atoms with Gasteiger partial charge in [0.25, 0.3) is 0 Å². The van der Waals surface area contributed by atoms with Gasteiger partial charge in [-0.2, -0.15) is 0 Å². The Balaban J connectivity index is 1.78. The molecule has 2 aromatic heterocycles. The smallest absolute Gasteiger partial charge is 0.245 e. The summed E-state index contributed by atoms with van der Waals surface area (Å²) >= 11 is 0. The number of amides is 1. The SMILES string of the molecule is CC(C)C[C@H](Nc1nccn2cnnc12)C(=O)N1CC[C@H](N(C)C)C1. The molecule has 1 fully saturated rings. The first-order valence-electron chi connectivity index (χ1n) is 8.81. The zero-order valence-corrected chi connectivity index (χ0v) is 15.4. The average molecular weight is 345 g/mol. The monoisotopic (exact) mass is 345 g/mol. The van der Waals surface area contributed by atoms with Crippen molar-refractivity contribution in [1.82, 2.24) is 29.4 Å². The van der Waals surface area contributed by atoms with Crippen LogP contribution in [0.4, 0.5) is 5.82 Å². The molecule has 0 radical (unpaired) electrons. The highest BCUT2D eigenvalue weighted by Gasteiger charge is 2.32. The Morgan fingerprint density at radius 1 is 1.44 bits per heavy atom. The van der Waals surface area contributed by atoms with Gasteiger partial charge in [-0.3, -0.25) is 9.20 Å². The number of carbonyl (C=O) groups is 1. The fourth-order valence-corrected chi connectivity index (χ4v) is 3.30. The van der Waals surface area contributed by atoms with E-state index in [1.807, 2.05) is 4.90 Å². The van der Waals surface area contributed by atoms with E-state index in [1.165, 1.54) is 0 Å². The van der Waals surface area contributed by atoms with E-state index in [-0.39, 0.29) is 11.9 Å². The van der Waals surface area contributed by atoms with Gasteiger partial charge >= 0.3 is 0 Å². The maximum Gasteiger partial charge on any atom is 0.245 e. The fraction of sp³-hybridized carbons (Fsp3) is 0.647. The average Bonchev–Trinajstić information content (AvgIpc) is 3.22. The van der Waals surface area contributed by atoms with Crippen molar-refractivity contribution >= 4 is 17.4 Å². The number of rotatable bonds is 6. The van der Waals surface area contributed by atoms with Crippen molar-refractivity contribution < 1.29 is 4.79 Å². The zero-order valence-electron chi connectivity index (χ0n) is 15.4. The van der Waals surface area contributed by atoms with E-state index in [4.69, 9.17) is 0 Å². The third-order valence-electron chi connectivity index (χ3n) is 4.74. The van der Waals surface area contributed by atoms with E-state index in [0.29, 0.717) is 23.4 Å². The number of aromatic nitrogens is 4. The molecule has 1 aliphatic rings. The summed E-state index contributed by atoms with van der Waals surface area (Å²) in [6.45, 7) is 5.84. The second-order valence-electron chi connectivity index (χ2n) is 7.35. The lowest BCUT2D eigenvalue weighted by Gasteiger charge is -2.26. The molecule has 0 saturated carbocycles. The number of hydrogen-bond donors (Lipinski definition) is 1. The van der Waals surface area contributed by atoms with Gasteiger partial charge in [0.1, 0.15) is 12.4 Å². The van der Waals surface area contributed by atoms with Crippen LogP contribution < -0.4 is 5.32 Å². The molecule has 0 bridgehead atoms. The predicted octanol–water partition coefficient (Wildman–Crippen LogP) is 1.11. The third kappa shape index (κ3) is 3.89. The minimum Gasteiger partial charge on any atom is -0.355 e. The molecule has 3 heterocycles. The van der Waals surface area contributed by atoms with Crippen LogP contribution in [-0.2, 0) is 4.79 Å². The van der Waals surface area contributed by atoms with Gasteiger partial charge in [0.15, 0.2) is 5.82 Å². The van der Waals surface area contributed by atoms with Crippen molar-refractivity contribution in [2.24, 2.45) is 5.92 Å². The maximum atomic E-state index is 13.1. The first-order valence-corrected chi connectivity index (χ1v) is 8.81. The van der Waals surface area contributed by atoms with Crippen molar-refractivity contribution in [3.8, 4) is 0 Å². The van der Waals surface area contributed by atoms with Gasteiger partial charge in [0.2, 0.25) is 11.6 Å². The summed E-state index contributed by atoms with van der Waals surface area (Å²) in [5, 5.41) is 11.3. The highest BCUT2D eigenvalue weighted by molar-refractivity contribution is 5.85. The fourth-order valence-electron chi connectivity index (χ4n) is 3.30. The Labute approximate surface area is 148 Å². The van der Waals surface area contributed by atoms with E-state index in [2.05, 4.69) is 53.3 Å². The molecule has 2 aromatic rings. The minimum atomic E-state index is -0.309. The first kappa shape index (κ1) is 17.6. The van der Waals surface area contributed by atoms with Crippen molar-refractivity contribution in [2.75, 3.05) is 32.5 Å². The van der Waals surface area contributed by atoms with Crippen LogP contribution in [-0.4, -0.2) is 74.6 Å². The molecule has 0 aromatic carbocycles. The molecule has 2 atom stereocenters. The molecular weight excluding hydrogens is 318 g/mol. The molecule has 0 aliphatic carbocycles.